The summed E-state index contributed by atoms with van der Waals surface area (Å²) in [5, 5.41) is 13.1. The summed E-state index contributed by atoms with van der Waals surface area (Å²) in [5.41, 5.74) is 1.92. The molecule has 176 valence electrons. The van der Waals surface area contributed by atoms with Crippen molar-refractivity contribution in [3.05, 3.63) is 52.3 Å². The lowest BCUT2D eigenvalue weighted by atomic mass is 10.1. The Kier molecular flexibility index (Phi) is 8.88. The molecule has 2 N–H and O–H groups in total. The maximum absolute atomic E-state index is 10.6. The predicted molar refractivity (Wildman–Crippen MR) is 133 cm³/mol. The SMILES string of the molecule is COc1cc2c(NC(C)c3cccc(Br)c3)nc(C)nc2cc1OCCCCCCC(=O)O. The van der Waals surface area contributed by atoms with Crippen molar-refractivity contribution in [2.75, 3.05) is 19.0 Å². The summed E-state index contributed by atoms with van der Waals surface area (Å²) in [6.07, 6.45) is 3.56. The minimum absolute atomic E-state index is 0.0445. The first kappa shape index (κ1) is 24.8. The van der Waals surface area contributed by atoms with E-state index >= 15 is 0 Å². The molecule has 0 radical (unpaired) electrons. The molecular formula is C25H30BrN3O4. The number of fused-ring (bicyclic) bond motifs is 1. The third-order valence-corrected chi connectivity index (χ3v) is 5.83. The number of unbranched alkanes of at least 4 members (excludes halogenated alkanes) is 3. The molecule has 8 heteroatoms. The van der Waals surface area contributed by atoms with E-state index in [0.717, 1.165) is 46.0 Å². The Morgan fingerprint density at radius 2 is 1.91 bits per heavy atom. The maximum Gasteiger partial charge on any atom is 0.303 e. The molecule has 2 aromatic carbocycles. The first-order valence-corrected chi connectivity index (χ1v) is 11.9. The molecule has 0 bridgehead atoms. The number of aliphatic carboxylic acids is 1. The Hall–Kier alpha value is -2.87. The molecule has 33 heavy (non-hydrogen) atoms. The second kappa shape index (κ2) is 11.8. The van der Waals surface area contributed by atoms with Crippen molar-refractivity contribution in [2.45, 2.75) is 52.0 Å². The Bertz CT molecular complexity index is 1110. The Morgan fingerprint density at radius 3 is 2.64 bits per heavy atom. The zero-order valence-electron chi connectivity index (χ0n) is 19.2. The Morgan fingerprint density at radius 1 is 1.12 bits per heavy atom. The number of benzene rings is 2. The third kappa shape index (κ3) is 7.05. The maximum atomic E-state index is 10.6. The van der Waals surface area contributed by atoms with Gasteiger partial charge in [0.2, 0.25) is 0 Å². The summed E-state index contributed by atoms with van der Waals surface area (Å²) in [6.45, 7) is 4.50. The Balaban J connectivity index is 1.74. The normalized spacial score (nSPS) is 11.9. The van der Waals surface area contributed by atoms with Crippen LogP contribution in [0, 0.1) is 6.92 Å². The molecule has 0 saturated carbocycles. The molecule has 1 aromatic heterocycles. The number of rotatable bonds is 12. The largest absolute Gasteiger partial charge is 0.493 e. The van der Waals surface area contributed by atoms with Gasteiger partial charge in [-0.1, -0.05) is 40.9 Å². The molecule has 0 aliphatic rings. The van der Waals surface area contributed by atoms with Gasteiger partial charge in [0.15, 0.2) is 11.5 Å². The Labute approximate surface area is 202 Å². The highest BCUT2D eigenvalue weighted by atomic mass is 79.9. The number of aromatic nitrogens is 2. The van der Waals surface area contributed by atoms with Crippen LogP contribution in [0.25, 0.3) is 10.9 Å². The number of hydrogen-bond acceptors (Lipinski definition) is 6. The van der Waals surface area contributed by atoms with Crippen molar-refractivity contribution in [2.24, 2.45) is 0 Å². The zero-order chi connectivity index (χ0) is 23.8. The third-order valence-electron chi connectivity index (χ3n) is 5.34. The van der Waals surface area contributed by atoms with Crippen LogP contribution in [-0.4, -0.2) is 34.8 Å². The van der Waals surface area contributed by atoms with Crippen LogP contribution in [0.15, 0.2) is 40.9 Å². The molecule has 0 aliphatic heterocycles. The van der Waals surface area contributed by atoms with Crippen LogP contribution in [0.2, 0.25) is 0 Å². The number of anilines is 1. The van der Waals surface area contributed by atoms with Gasteiger partial charge in [0.1, 0.15) is 11.6 Å². The van der Waals surface area contributed by atoms with Crippen LogP contribution in [0.1, 0.15) is 56.5 Å². The van der Waals surface area contributed by atoms with Gasteiger partial charge < -0.3 is 19.9 Å². The molecule has 1 heterocycles. The molecule has 7 nitrogen and oxygen atoms in total. The zero-order valence-corrected chi connectivity index (χ0v) is 20.8. The fraction of sp³-hybridized carbons (Fsp3) is 0.400. The smallest absolute Gasteiger partial charge is 0.303 e. The quantitative estimate of drug-likeness (QED) is 0.273. The highest BCUT2D eigenvalue weighted by molar-refractivity contribution is 9.10. The minimum Gasteiger partial charge on any atom is -0.493 e. The summed E-state index contributed by atoms with van der Waals surface area (Å²) < 4.78 is 12.6. The van der Waals surface area contributed by atoms with Gasteiger partial charge in [-0.2, -0.15) is 0 Å². The average Bonchev–Trinajstić information content (AvgIpc) is 2.77. The van der Waals surface area contributed by atoms with Gasteiger partial charge in [-0.05, 0) is 50.5 Å². The van der Waals surface area contributed by atoms with Crippen LogP contribution < -0.4 is 14.8 Å². The van der Waals surface area contributed by atoms with Crippen molar-refractivity contribution in [1.29, 1.82) is 0 Å². The first-order chi connectivity index (χ1) is 15.9. The topological polar surface area (TPSA) is 93.6 Å². The van der Waals surface area contributed by atoms with Crippen LogP contribution in [-0.2, 0) is 4.79 Å². The van der Waals surface area contributed by atoms with Crippen LogP contribution in [0.3, 0.4) is 0 Å². The number of nitrogens with zero attached hydrogens (tertiary/aromatic N) is 2. The van der Waals surface area contributed by atoms with E-state index in [2.05, 4.69) is 50.3 Å². The summed E-state index contributed by atoms with van der Waals surface area (Å²) >= 11 is 3.53. The van der Waals surface area contributed by atoms with Crippen LogP contribution in [0.4, 0.5) is 5.82 Å². The summed E-state index contributed by atoms with van der Waals surface area (Å²) in [4.78, 5) is 19.8. The van der Waals surface area contributed by atoms with E-state index in [1.54, 1.807) is 7.11 Å². The number of aryl methyl sites for hydroxylation is 1. The molecule has 1 unspecified atom stereocenters. The van der Waals surface area contributed by atoms with Gasteiger partial charge in [0.05, 0.1) is 25.3 Å². The highest BCUT2D eigenvalue weighted by Gasteiger charge is 2.15. The number of hydrogen-bond donors (Lipinski definition) is 2. The van der Waals surface area contributed by atoms with E-state index in [1.165, 1.54) is 0 Å². The van der Waals surface area contributed by atoms with Crippen molar-refractivity contribution in [3.8, 4) is 11.5 Å². The lowest BCUT2D eigenvalue weighted by Crippen LogP contribution is -2.10. The number of methoxy groups -OCH3 is 1. The van der Waals surface area contributed by atoms with Gasteiger partial charge in [0, 0.05) is 22.3 Å². The summed E-state index contributed by atoms with van der Waals surface area (Å²) in [6, 6.07) is 12.0. The lowest BCUT2D eigenvalue weighted by Gasteiger charge is -2.18. The molecular weight excluding hydrogens is 486 g/mol. The minimum atomic E-state index is -0.746. The first-order valence-electron chi connectivity index (χ1n) is 11.1. The number of carboxylic acids is 1. The van der Waals surface area contributed by atoms with Gasteiger partial charge >= 0.3 is 5.97 Å². The second-order valence-electron chi connectivity index (χ2n) is 7.97. The molecule has 0 aliphatic carbocycles. The van der Waals surface area contributed by atoms with E-state index in [9.17, 15) is 4.79 Å². The van der Waals surface area contributed by atoms with Crippen molar-refractivity contribution in [1.82, 2.24) is 9.97 Å². The fourth-order valence-electron chi connectivity index (χ4n) is 3.61. The molecule has 3 rings (SSSR count). The standard InChI is InChI=1S/C25H30BrN3O4/c1-16(18-9-8-10-19(26)13-18)27-25-20-14-22(32-3)23(15-21(20)28-17(2)29-25)33-12-7-5-4-6-11-24(30)31/h8-10,13-16H,4-7,11-12H2,1-3H3,(H,30,31)(H,27,28,29). The monoisotopic (exact) mass is 515 g/mol. The number of halogens is 1. The van der Waals surface area contributed by atoms with Gasteiger partial charge in [-0.15, -0.1) is 0 Å². The molecule has 3 aromatic rings. The van der Waals surface area contributed by atoms with E-state index in [1.807, 2.05) is 31.2 Å². The molecule has 0 spiro atoms. The summed E-state index contributed by atoms with van der Waals surface area (Å²) in [5.74, 6) is 1.93. The van der Waals surface area contributed by atoms with E-state index in [0.29, 0.717) is 30.4 Å². The highest BCUT2D eigenvalue weighted by Crippen LogP contribution is 2.35. The van der Waals surface area contributed by atoms with Gasteiger partial charge in [0.25, 0.3) is 0 Å². The van der Waals surface area contributed by atoms with Crippen molar-refractivity contribution < 1.29 is 19.4 Å². The molecule has 1 atom stereocenters. The molecule has 0 saturated heterocycles. The van der Waals surface area contributed by atoms with Crippen molar-refractivity contribution >= 4 is 38.6 Å². The number of carbonyl (C=O) groups is 1. The number of ether oxygens (including phenoxy) is 2. The van der Waals surface area contributed by atoms with Crippen molar-refractivity contribution in [3.63, 3.8) is 0 Å². The van der Waals surface area contributed by atoms with E-state index < -0.39 is 5.97 Å². The average molecular weight is 516 g/mol. The lowest BCUT2D eigenvalue weighted by molar-refractivity contribution is -0.137. The van der Waals surface area contributed by atoms with Gasteiger partial charge in [-0.3, -0.25) is 4.79 Å². The van der Waals surface area contributed by atoms with E-state index in [-0.39, 0.29) is 12.5 Å². The summed E-state index contributed by atoms with van der Waals surface area (Å²) in [7, 11) is 1.62. The molecule has 0 amide bonds. The van der Waals surface area contributed by atoms with Crippen LogP contribution in [0.5, 0.6) is 11.5 Å². The fourth-order valence-corrected chi connectivity index (χ4v) is 4.03. The van der Waals surface area contributed by atoms with E-state index in [4.69, 9.17) is 14.6 Å². The number of carboxylic acid groups (broad SMARTS) is 1. The predicted octanol–water partition coefficient (Wildman–Crippen LogP) is 6.30. The molecule has 0 fully saturated rings. The second-order valence-corrected chi connectivity index (χ2v) is 8.88. The van der Waals surface area contributed by atoms with Crippen LogP contribution >= 0.6 is 15.9 Å². The van der Waals surface area contributed by atoms with Gasteiger partial charge in [-0.25, -0.2) is 9.97 Å². The number of nitrogens with one attached hydrogen (secondary N) is 1.